The third-order valence-corrected chi connectivity index (χ3v) is 3.81. The molecule has 0 saturated heterocycles. The average molecular weight is 307 g/mol. The van der Waals surface area contributed by atoms with Gasteiger partial charge in [0.2, 0.25) is 11.9 Å². The lowest BCUT2D eigenvalue weighted by atomic mass is 10.1. The first-order valence-corrected chi connectivity index (χ1v) is 6.45. The second kappa shape index (κ2) is 4.53. The van der Waals surface area contributed by atoms with Gasteiger partial charge in [0.1, 0.15) is 6.33 Å². The van der Waals surface area contributed by atoms with Crippen molar-refractivity contribution >= 4 is 27.8 Å². The second-order valence-electron chi connectivity index (χ2n) is 4.29. The van der Waals surface area contributed by atoms with Crippen LogP contribution < -0.4 is 5.32 Å². The maximum absolute atomic E-state index is 12.0. The van der Waals surface area contributed by atoms with Crippen LogP contribution in [0.2, 0.25) is 0 Å². The van der Waals surface area contributed by atoms with Gasteiger partial charge in [0.25, 0.3) is 0 Å². The van der Waals surface area contributed by atoms with Crippen molar-refractivity contribution in [2.75, 3.05) is 5.32 Å². The molecule has 2 N–H and O–H groups in total. The molecule has 18 heavy (non-hydrogen) atoms. The second-order valence-corrected chi connectivity index (χ2v) is 5.15. The van der Waals surface area contributed by atoms with Crippen LogP contribution in [0, 0.1) is 5.92 Å². The van der Waals surface area contributed by atoms with Crippen LogP contribution in [-0.2, 0) is 4.79 Å². The lowest BCUT2D eigenvalue weighted by molar-refractivity contribution is -0.117. The van der Waals surface area contributed by atoms with E-state index in [0.717, 1.165) is 10.9 Å². The van der Waals surface area contributed by atoms with Crippen LogP contribution in [0.25, 0.3) is 0 Å². The van der Waals surface area contributed by atoms with Gasteiger partial charge in [0.05, 0.1) is 0 Å². The first kappa shape index (κ1) is 11.4. The minimum atomic E-state index is -0.00694. The van der Waals surface area contributed by atoms with Crippen LogP contribution in [-0.4, -0.2) is 21.1 Å². The van der Waals surface area contributed by atoms with E-state index in [4.69, 9.17) is 0 Å². The molecule has 1 saturated carbocycles. The molecule has 3 rings (SSSR count). The Morgan fingerprint density at radius 2 is 2.28 bits per heavy atom. The fourth-order valence-electron chi connectivity index (χ4n) is 2.08. The van der Waals surface area contributed by atoms with Gasteiger partial charge in [-0.25, -0.2) is 5.10 Å². The average Bonchev–Trinajstić information content (AvgIpc) is 3.00. The number of rotatable bonds is 3. The van der Waals surface area contributed by atoms with Gasteiger partial charge in [-0.05, 0) is 24.0 Å². The van der Waals surface area contributed by atoms with E-state index in [9.17, 15) is 4.79 Å². The number of aromatic amines is 1. The Labute approximate surface area is 112 Å². The van der Waals surface area contributed by atoms with Crippen LogP contribution in [0.15, 0.2) is 35.1 Å². The van der Waals surface area contributed by atoms with Crippen LogP contribution in [0.5, 0.6) is 0 Å². The van der Waals surface area contributed by atoms with E-state index < -0.39 is 0 Å². The Hall–Kier alpha value is -1.69. The van der Waals surface area contributed by atoms with Gasteiger partial charge < -0.3 is 0 Å². The third kappa shape index (κ3) is 2.15. The van der Waals surface area contributed by atoms with E-state index >= 15 is 0 Å². The minimum Gasteiger partial charge on any atom is -0.295 e. The molecule has 1 amide bonds. The zero-order valence-electron chi connectivity index (χ0n) is 9.43. The monoisotopic (exact) mass is 306 g/mol. The van der Waals surface area contributed by atoms with Gasteiger partial charge in [-0.1, -0.05) is 34.1 Å². The Kier molecular flexibility index (Phi) is 2.87. The SMILES string of the molecule is O=C(Nc1ncn[nH]1)[C@H]1C[C@H]1c1ccccc1Br. The molecule has 0 bridgehead atoms. The van der Waals surface area contributed by atoms with Crippen molar-refractivity contribution in [1.82, 2.24) is 15.2 Å². The molecule has 1 aliphatic rings. The van der Waals surface area contributed by atoms with Crippen molar-refractivity contribution in [3.05, 3.63) is 40.6 Å². The van der Waals surface area contributed by atoms with Crippen molar-refractivity contribution in [2.24, 2.45) is 5.92 Å². The summed E-state index contributed by atoms with van der Waals surface area (Å²) >= 11 is 3.51. The number of carbonyl (C=O) groups is 1. The highest BCUT2D eigenvalue weighted by Crippen LogP contribution is 2.49. The van der Waals surface area contributed by atoms with Crippen LogP contribution in [0.1, 0.15) is 17.9 Å². The fraction of sp³-hybridized carbons (Fsp3) is 0.250. The highest BCUT2D eigenvalue weighted by atomic mass is 79.9. The summed E-state index contributed by atoms with van der Waals surface area (Å²) in [4.78, 5) is 15.8. The Morgan fingerprint density at radius 1 is 1.44 bits per heavy atom. The molecule has 2 aromatic rings. The normalized spacial score (nSPS) is 21.6. The summed E-state index contributed by atoms with van der Waals surface area (Å²) in [6.07, 6.45) is 2.25. The van der Waals surface area contributed by atoms with Gasteiger partial charge in [-0.2, -0.15) is 10.1 Å². The van der Waals surface area contributed by atoms with Crippen LogP contribution in [0.4, 0.5) is 5.95 Å². The highest BCUT2D eigenvalue weighted by molar-refractivity contribution is 9.10. The summed E-state index contributed by atoms with van der Waals surface area (Å²) in [7, 11) is 0. The smallest absolute Gasteiger partial charge is 0.230 e. The Bertz CT molecular complexity index is 569. The van der Waals surface area contributed by atoms with Crippen molar-refractivity contribution < 1.29 is 4.79 Å². The van der Waals surface area contributed by atoms with E-state index in [1.165, 1.54) is 11.9 Å². The lowest BCUT2D eigenvalue weighted by Crippen LogP contribution is -2.15. The van der Waals surface area contributed by atoms with E-state index in [1.54, 1.807) is 0 Å². The fourth-order valence-corrected chi connectivity index (χ4v) is 2.66. The van der Waals surface area contributed by atoms with Gasteiger partial charge in [-0.3, -0.25) is 10.1 Å². The van der Waals surface area contributed by atoms with Gasteiger partial charge in [0.15, 0.2) is 0 Å². The molecule has 0 aliphatic heterocycles. The third-order valence-electron chi connectivity index (χ3n) is 3.09. The number of carbonyl (C=O) groups excluding carboxylic acids is 1. The summed E-state index contributed by atoms with van der Waals surface area (Å²) < 4.78 is 1.06. The number of halogens is 1. The maximum Gasteiger partial charge on any atom is 0.230 e. The van der Waals surface area contributed by atoms with Crippen molar-refractivity contribution in [1.29, 1.82) is 0 Å². The number of nitrogens with one attached hydrogen (secondary N) is 2. The number of anilines is 1. The molecular formula is C12H11BrN4O. The van der Waals surface area contributed by atoms with Gasteiger partial charge >= 0.3 is 0 Å². The van der Waals surface area contributed by atoms with Crippen molar-refractivity contribution in [2.45, 2.75) is 12.3 Å². The van der Waals surface area contributed by atoms with Gasteiger partial charge in [0, 0.05) is 10.4 Å². The predicted molar refractivity (Wildman–Crippen MR) is 70.0 cm³/mol. The predicted octanol–water partition coefficient (Wildman–Crippen LogP) is 2.31. The molecule has 92 valence electrons. The van der Waals surface area contributed by atoms with Gasteiger partial charge in [-0.15, -0.1) is 0 Å². The first-order valence-electron chi connectivity index (χ1n) is 5.66. The quantitative estimate of drug-likeness (QED) is 0.914. The zero-order chi connectivity index (χ0) is 12.5. The molecular weight excluding hydrogens is 296 g/mol. The molecule has 1 aliphatic carbocycles. The lowest BCUT2D eigenvalue weighted by Gasteiger charge is -2.03. The minimum absolute atomic E-state index is 0.00694. The number of benzene rings is 1. The Balaban J connectivity index is 1.67. The van der Waals surface area contributed by atoms with Crippen LogP contribution in [0.3, 0.4) is 0 Å². The molecule has 1 fully saturated rings. The van der Waals surface area contributed by atoms with Crippen LogP contribution >= 0.6 is 15.9 Å². The number of hydrogen-bond acceptors (Lipinski definition) is 3. The molecule has 2 atom stereocenters. The molecule has 1 aromatic carbocycles. The Morgan fingerprint density at radius 3 is 3.00 bits per heavy atom. The molecule has 5 nitrogen and oxygen atoms in total. The van der Waals surface area contributed by atoms with E-state index in [2.05, 4.69) is 42.5 Å². The standard InChI is InChI=1S/C12H11BrN4O/c13-10-4-2-1-3-7(10)8-5-9(8)11(18)16-12-14-6-15-17-12/h1-4,6,8-9H,5H2,(H2,14,15,16,17,18)/t8-,9-/m0/s1. The van der Waals surface area contributed by atoms with E-state index in [0.29, 0.717) is 11.9 Å². The molecule has 0 unspecified atom stereocenters. The first-order chi connectivity index (χ1) is 8.75. The molecule has 0 spiro atoms. The van der Waals surface area contributed by atoms with E-state index in [-0.39, 0.29) is 11.8 Å². The number of nitrogens with zero attached hydrogens (tertiary/aromatic N) is 2. The topological polar surface area (TPSA) is 70.7 Å². The molecule has 0 radical (unpaired) electrons. The molecule has 6 heteroatoms. The number of H-pyrrole nitrogens is 1. The van der Waals surface area contributed by atoms with E-state index in [1.807, 2.05) is 18.2 Å². The number of aromatic nitrogens is 3. The molecule has 1 aromatic heterocycles. The number of amides is 1. The van der Waals surface area contributed by atoms with Crippen molar-refractivity contribution in [3.8, 4) is 0 Å². The number of hydrogen-bond donors (Lipinski definition) is 2. The zero-order valence-corrected chi connectivity index (χ0v) is 11.0. The summed E-state index contributed by atoms with van der Waals surface area (Å²) in [5.41, 5.74) is 1.19. The largest absolute Gasteiger partial charge is 0.295 e. The maximum atomic E-state index is 12.0. The summed E-state index contributed by atoms with van der Waals surface area (Å²) in [6.45, 7) is 0. The van der Waals surface area contributed by atoms with Crippen molar-refractivity contribution in [3.63, 3.8) is 0 Å². The molecule has 1 heterocycles. The summed E-state index contributed by atoms with van der Waals surface area (Å²) in [5, 5.41) is 9.02. The summed E-state index contributed by atoms with van der Waals surface area (Å²) in [5.74, 6) is 0.711. The highest BCUT2D eigenvalue weighted by Gasteiger charge is 2.44. The summed E-state index contributed by atoms with van der Waals surface area (Å²) in [6, 6.07) is 8.01.